The fourth-order valence-electron chi connectivity index (χ4n) is 2.80. The second kappa shape index (κ2) is 7.40. The number of para-hydroxylation sites is 1. The van der Waals surface area contributed by atoms with Gasteiger partial charge in [0.15, 0.2) is 11.4 Å². The average Bonchev–Trinajstić information content (AvgIpc) is 3.24. The number of hydrogen-bond donors (Lipinski definition) is 0. The highest BCUT2D eigenvalue weighted by atomic mass is 32.2. The van der Waals surface area contributed by atoms with Gasteiger partial charge in [-0.05, 0) is 53.4 Å². The molecule has 0 radical (unpaired) electrons. The molecule has 0 unspecified atom stereocenters. The van der Waals surface area contributed by atoms with Crippen LogP contribution in [0.1, 0.15) is 11.4 Å². The monoisotopic (exact) mass is 434 g/mol. The number of benzene rings is 1. The first kappa shape index (κ1) is 19.8. The van der Waals surface area contributed by atoms with E-state index < -0.39 is 11.9 Å². The van der Waals surface area contributed by atoms with Gasteiger partial charge in [-0.1, -0.05) is 18.2 Å². The molecule has 154 valence electrons. The van der Waals surface area contributed by atoms with Crippen molar-refractivity contribution in [3.05, 3.63) is 64.2 Å². The number of halogens is 3. The van der Waals surface area contributed by atoms with Crippen LogP contribution in [0.4, 0.5) is 13.2 Å². The Kier molecular flexibility index (Phi) is 4.89. The Morgan fingerprint density at radius 1 is 1.00 bits per heavy atom. The van der Waals surface area contributed by atoms with Gasteiger partial charge in [0.25, 0.3) is 5.56 Å². The summed E-state index contributed by atoms with van der Waals surface area (Å²) in [6, 6.07) is 11.0. The highest BCUT2D eigenvalue weighted by Gasteiger charge is 2.33. The minimum atomic E-state index is -4.58. The van der Waals surface area contributed by atoms with E-state index in [0.29, 0.717) is 11.4 Å². The Hall–Kier alpha value is -3.48. The fraction of sp³-hybridized carbons (Fsp3) is 0.176. The largest absolute Gasteiger partial charge is 0.435 e. The topological polar surface area (TPSA) is 96.3 Å². The lowest BCUT2D eigenvalue weighted by Gasteiger charge is -2.07. The van der Waals surface area contributed by atoms with Gasteiger partial charge in [-0.25, -0.2) is 4.68 Å². The minimum Gasteiger partial charge on any atom is -0.283 e. The van der Waals surface area contributed by atoms with E-state index in [1.165, 1.54) is 15.4 Å². The highest BCUT2D eigenvalue weighted by molar-refractivity contribution is 7.99. The smallest absolute Gasteiger partial charge is 0.283 e. The molecule has 0 N–H and O–H groups in total. The lowest BCUT2D eigenvalue weighted by molar-refractivity contribution is -0.141. The van der Waals surface area contributed by atoms with E-state index in [9.17, 15) is 18.0 Å². The lowest BCUT2D eigenvalue weighted by Crippen LogP contribution is -2.22. The SMILES string of the molecule is Cc1c(-n2nnnc2Sc2ccc(C(F)(F)F)nn2)c(=O)n(-c2ccccc2)n1C. The van der Waals surface area contributed by atoms with Gasteiger partial charge in [0.05, 0.1) is 11.4 Å². The normalized spacial score (nSPS) is 11.8. The highest BCUT2D eigenvalue weighted by Crippen LogP contribution is 2.29. The van der Waals surface area contributed by atoms with Gasteiger partial charge in [0.1, 0.15) is 5.03 Å². The molecule has 3 heterocycles. The van der Waals surface area contributed by atoms with Crippen molar-refractivity contribution in [1.29, 1.82) is 0 Å². The second-order valence-corrected chi connectivity index (χ2v) is 7.13. The van der Waals surface area contributed by atoms with E-state index in [0.717, 1.165) is 17.8 Å². The van der Waals surface area contributed by atoms with E-state index in [1.54, 1.807) is 30.8 Å². The molecule has 0 amide bonds. The molecule has 0 atom stereocenters. The standard InChI is InChI=1S/C17H13F3N8OS/c1-10-14(15(29)28(26(10)2)11-6-4-3-5-7-11)27-16(23-24-25-27)30-13-9-8-12(21-22-13)17(18,19)20/h3-9H,1-2H3. The number of aromatic nitrogens is 8. The van der Waals surface area contributed by atoms with Gasteiger partial charge >= 0.3 is 6.18 Å². The molecular weight excluding hydrogens is 421 g/mol. The maximum atomic E-state index is 13.1. The Balaban J connectivity index is 1.73. The van der Waals surface area contributed by atoms with Gasteiger partial charge in [-0.3, -0.25) is 9.48 Å². The summed E-state index contributed by atoms with van der Waals surface area (Å²) in [6.45, 7) is 1.74. The third-order valence-electron chi connectivity index (χ3n) is 4.30. The van der Waals surface area contributed by atoms with Gasteiger partial charge in [-0.2, -0.15) is 17.9 Å². The summed E-state index contributed by atoms with van der Waals surface area (Å²) in [4.78, 5) is 13.1. The zero-order chi connectivity index (χ0) is 21.5. The van der Waals surface area contributed by atoms with Crippen LogP contribution in [0.5, 0.6) is 0 Å². The summed E-state index contributed by atoms with van der Waals surface area (Å²) in [7, 11) is 1.73. The molecule has 9 nitrogen and oxygen atoms in total. The summed E-state index contributed by atoms with van der Waals surface area (Å²) in [6.07, 6.45) is -4.58. The first-order chi connectivity index (χ1) is 14.3. The number of hydrogen-bond acceptors (Lipinski definition) is 7. The van der Waals surface area contributed by atoms with Crippen molar-refractivity contribution in [3.63, 3.8) is 0 Å². The molecule has 13 heteroatoms. The Morgan fingerprint density at radius 3 is 2.37 bits per heavy atom. The zero-order valence-electron chi connectivity index (χ0n) is 15.6. The van der Waals surface area contributed by atoms with Crippen LogP contribution >= 0.6 is 11.8 Å². The van der Waals surface area contributed by atoms with Crippen LogP contribution in [0.25, 0.3) is 11.4 Å². The predicted octanol–water partition coefficient (Wildman–Crippen LogP) is 2.42. The minimum absolute atomic E-state index is 0.149. The molecule has 0 aliphatic rings. The predicted molar refractivity (Wildman–Crippen MR) is 99.6 cm³/mol. The summed E-state index contributed by atoms with van der Waals surface area (Å²) in [5, 5.41) is 18.4. The Bertz CT molecular complexity index is 1240. The molecule has 3 aromatic heterocycles. The van der Waals surface area contributed by atoms with E-state index in [1.807, 2.05) is 18.2 Å². The van der Waals surface area contributed by atoms with Crippen molar-refractivity contribution in [2.45, 2.75) is 23.3 Å². The third kappa shape index (κ3) is 3.47. The van der Waals surface area contributed by atoms with Crippen LogP contribution in [-0.4, -0.2) is 39.8 Å². The molecular formula is C17H13F3N8OS. The summed E-state index contributed by atoms with van der Waals surface area (Å²) in [5.41, 5.74) is 0.0189. The molecule has 30 heavy (non-hydrogen) atoms. The number of tetrazole rings is 1. The van der Waals surface area contributed by atoms with Crippen LogP contribution in [0.2, 0.25) is 0 Å². The van der Waals surface area contributed by atoms with Crippen molar-refractivity contribution in [2.24, 2.45) is 7.05 Å². The molecule has 0 spiro atoms. The first-order valence-corrected chi connectivity index (χ1v) is 9.30. The Labute approximate surface area is 171 Å². The van der Waals surface area contributed by atoms with E-state index in [-0.39, 0.29) is 21.4 Å². The molecule has 0 bridgehead atoms. The quantitative estimate of drug-likeness (QED) is 0.487. The van der Waals surface area contributed by atoms with Crippen molar-refractivity contribution in [2.75, 3.05) is 0 Å². The molecule has 0 aliphatic heterocycles. The van der Waals surface area contributed by atoms with Crippen molar-refractivity contribution >= 4 is 11.8 Å². The molecule has 1 aromatic carbocycles. The third-order valence-corrected chi connectivity index (χ3v) is 5.17. The van der Waals surface area contributed by atoms with Crippen LogP contribution in [0.3, 0.4) is 0 Å². The number of rotatable bonds is 4. The molecule has 0 aliphatic carbocycles. The van der Waals surface area contributed by atoms with E-state index in [2.05, 4.69) is 25.7 Å². The summed E-state index contributed by atoms with van der Waals surface area (Å²) < 4.78 is 42.4. The molecule has 4 aromatic rings. The van der Waals surface area contributed by atoms with E-state index in [4.69, 9.17) is 0 Å². The lowest BCUT2D eigenvalue weighted by atomic mass is 10.3. The number of nitrogens with zero attached hydrogens (tertiary/aromatic N) is 8. The zero-order valence-corrected chi connectivity index (χ0v) is 16.4. The van der Waals surface area contributed by atoms with Crippen LogP contribution in [0.15, 0.2) is 57.4 Å². The summed E-state index contributed by atoms with van der Waals surface area (Å²) in [5.74, 6) is 0. The Morgan fingerprint density at radius 2 is 1.73 bits per heavy atom. The van der Waals surface area contributed by atoms with Gasteiger partial charge in [0.2, 0.25) is 5.16 Å². The summed E-state index contributed by atoms with van der Waals surface area (Å²) >= 11 is 0.892. The maximum absolute atomic E-state index is 13.1. The van der Waals surface area contributed by atoms with Gasteiger partial charge in [0, 0.05) is 7.05 Å². The molecule has 0 saturated heterocycles. The van der Waals surface area contributed by atoms with Crippen LogP contribution < -0.4 is 5.56 Å². The van der Waals surface area contributed by atoms with Gasteiger partial charge < -0.3 is 0 Å². The van der Waals surface area contributed by atoms with Crippen LogP contribution in [-0.2, 0) is 13.2 Å². The second-order valence-electron chi connectivity index (χ2n) is 6.14. The van der Waals surface area contributed by atoms with E-state index >= 15 is 0 Å². The van der Waals surface area contributed by atoms with Gasteiger partial charge in [-0.15, -0.1) is 15.3 Å². The fourth-order valence-corrected chi connectivity index (χ4v) is 3.50. The maximum Gasteiger partial charge on any atom is 0.435 e. The van der Waals surface area contributed by atoms with Crippen molar-refractivity contribution < 1.29 is 13.2 Å². The average molecular weight is 434 g/mol. The van der Waals surface area contributed by atoms with Crippen LogP contribution in [0, 0.1) is 6.92 Å². The molecule has 4 rings (SSSR count). The first-order valence-electron chi connectivity index (χ1n) is 8.49. The van der Waals surface area contributed by atoms with Crippen molar-refractivity contribution in [1.82, 2.24) is 39.8 Å². The molecule has 0 saturated carbocycles. The van der Waals surface area contributed by atoms with Crippen molar-refractivity contribution in [3.8, 4) is 11.4 Å². The molecule has 0 fully saturated rings. The number of alkyl halides is 3.